The highest BCUT2D eigenvalue weighted by atomic mass is 79.9. The SMILES string of the molecule is C=CCCC(C=C)CCOC(=O)CBr. The molecule has 0 aromatic carbocycles. The summed E-state index contributed by atoms with van der Waals surface area (Å²) < 4.78 is 4.94. The van der Waals surface area contributed by atoms with Crippen molar-refractivity contribution in [2.24, 2.45) is 5.92 Å². The second-order valence-electron chi connectivity index (χ2n) is 3.00. The molecule has 0 fully saturated rings. The van der Waals surface area contributed by atoms with Crippen LogP contribution in [0.3, 0.4) is 0 Å². The van der Waals surface area contributed by atoms with Crippen LogP contribution in [-0.2, 0) is 9.53 Å². The summed E-state index contributed by atoms with van der Waals surface area (Å²) in [5.41, 5.74) is 0. The maximum atomic E-state index is 10.8. The molecule has 0 amide bonds. The molecule has 0 aromatic heterocycles. The fourth-order valence-electron chi connectivity index (χ4n) is 1.07. The Bertz CT molecular complexity index is 190. The monoisotopic (exact) mass is 260 g/mol. The average molecular weight is 261 g/mol. The summed E-state index contributed by atoms with van der Waals surface area (Å²) >= 11 is 3.03. The molecule has 14 heavy (non-hydrogen) atoms. The van der Waals surface area contributed by atoms with E-state index in [0.29, 0.717) is 12.5 Å². The summed E-state index contributed by atoms with van der Waals surface area (Å²) in [5, 5.41) is 0.262. The zero-order chi connectivity index (χ0) is 10.8. The molecule has 2 nitrogen and oxygen atoms in total. The number of carbonyl (C=O) groups is 1. The smallest absolute Gasteiger partial charge is 0.316 e. The lowest BCUT2D eigenvalue weighted by Crippen LogP contribution is -2.09. The van der Waals surface area contributed by atoms with E-state index < -0.39 is 0 Å². The van der Waals surface area contributed by atoms with Gasteiger partial charge in [-0.2, -0.15) is 0 Å². The first kappa shape index (κ1) is 13.4. The van der Waals surface area contributed by atoms with Crippen LogP contribution in [0.2, 0.25) is 0 Å². The number of hydrogen-bond donors (Lipinski definition) is 0. The van der Waals surface area contributed by atoms with E-state index in [1.807, 2.05) is 12.2 Å². The van der Waals surface area contributed by atoms with Gasteiger partial charge in [0.25, 0.3) is 0 Å². The van der Waals surface area contributed by atoms with Crippen molar-refractivity contribution in [2.45, 2.75) is 19.3 Å². The largest absolute Gasteiger partial charge is 0.465 e. The van der Waals surface area contributed by atoms with Crippen molar-refractivity contribution in [2.75, 3.05) is 11.9 Å². The van der Waals surface area contributed by atoms with E-state index in [9.17, 15) is 4.79 Å². The minimum atomic E-state index is -0.212. The first-order chi connectivity index (χ1) is 6.74. The summed E-state index contributed by atoms with van der Waals surface area (Å²) in [6.45, 7) is 7.88. The van der Waals surface area contributed by atoms with Gasteiger partial charge < -0.3 is 4.74 Å². The van der Waals surface area contributed by atoms with Gasteiger partial charge in [-0.1, -0.05) is 28.1 Å². The van der Waals surface area contributed by atoms with E-state index in [2.05, 4.69) is 29.1 Å². The van der Waals surface area contributed by atoms with Gasteiger partial charge in [-0.25, -0.2) is 0 Å². The predicted octanol–water partition coefficient (Wildman–Crippen LogP) is 3.08. The van der Waals surface area contributed by atoms with Crippen LogP contribution in [0, 0.1) is 5.92 Å². The van der Waals surface area contributed by atoms with Gasteiger partial charge in [0, 0.05) is 0 Å². The molecule has 0 radical (unpaired) electrons. The molecule has 3 heteroatoms. The van der Waals surface area contributed by atoms with E-state index in [1.54, 1.807) is 0 Å². The molecule has 0 aromatic rings. The fraction of sp³-hybridized carbons (Fsp3) is 0.545. The lowest BCUT2D eigenvalue weighted by molar-refractivity contribution is -0.140. The van der Waals surface area contributed by atoms with Crippen LogP contribution in [0.25, 0.3) is 0 Å². The van der Waals surface area contributed by atoms with Crippen LogP contribution in [-0.4, -0.2) is 17.9 Å². The predicted molar refractivity (Wildman–Crippen MR) is 62.5 cm³/mol. The summed E-state index contributed by atoms with van der Waals surface area (Å²) in [7, 11) is 0. The van der Waals surface area contributed by atoms with Crippen LogP contribution >= 0.6 is 15.9 Å². The van der Waals surface area contributed by atoms with Crippen molar-refractivity contribution in [3.05, 3.63) is 25.3 Å². The molecule has 0 heterocycles. The Hall–Kier alpha value is -0.570. The summed E-state index contributed by atoms with van der Waals surface area (Å²) in [6, 6.07) is 0. The van der Waals surface area contributed by atoms with Crippen LogP contribution in [0.4, 0.5) is 0 Å². The van der Waals surface area contributed by atoms with E-state index in [1.165, 1.54) is 0 Å². The molecule has 1 atom stereocenters. The van der Waals surface area contributed by atoms with Crippen molar-refractivity contribution in [1.82, 2.24) is 0 Å². The molecule has 0 rings (SSSR count). The minimum absolute atomic E-state index is 0.212. The normalized spacial score (nSPS) is 11.8. The van der Waals surface area contributed by atoms with Gasteiger partial charge in [0.2, 0.25) is 0 Å². The molecule has 0 saturated carbocycles. The number of carbonyl (C=O) groups excluding carboxylic acids is 1. The summed E-state index contributed by atoms with van der Waals surface area (Å²) in [5.74, 6) is 0.202. The number of allylic oxidation sites excluding steroid dienone is 2. The molecule has 0 saturated heterocycles. The highest BCUT2D eigenvalue weighted by Gasteiger charge is 2.05. The quantitative estimate of drug-likeness (QED) is 0.381. The highest BCUT2D eigenvalue weighted by molar-refractivity contribution is 9.09. The van der Waals surface area contributed by atoms with E-state index in [4.69, 9.17) is 4.74 Å². The Kier molecular flexibility index (Phi) is 8.64. The van der Waals surface area contributed by atoms with Crippen LogP contribution in [0.1, 0.15) is 19.3 Å². The van der Waals surface area contributed by atoms with Crippen LogP contribution in [0.15, 0.2) is 25.3 Å². The van der Waals surface area contributed by atoms with E-state index in [-0.39, 0.29) is 11.3 Å². The maximum Gasteiger partial charge on any atom is 0.316 e. The number of rotatable bonds is 8. The fourth-order valence-corrected chi connectivity index (χ4v) is 1.24. The average Bonchev–Trinajstić information content (AvgIpc) is 2.22. The first-order valence-electron chi connectivity index (χ1n) is 4.69. The number of alkyl halides is 1. The van der Waals surface area contributed by atoms with Gasteiger partial charge in [-0.3, -0.25) is 4.79 Å². The van der Waals surface area contributed by atoms with Crippen molar-refractivity contribution in [3.63, 3.8) is 0 Å². The zero-order valence-corrected chi connectivity index (χ0v) is 9.96. The molecule has 0 spiro atoms. The standard InChI is InChI=1S/C11H17BrO2/c1-3-5-6-10(4-2)7-8-14-11(13)9-12/h3-4,10H,1-2,5-9H2. The molecule has 0 aliphatic heterocycles. The third-order valence-electron chi connectivity index (χ3n) is 1.94. The minimum Gasteiger partial charge on any atom is -0.465 e. The van der Waals surface area contributed by atoms with Crippen molar-refractivity contribution in [1.29, 1.82) is 0 Å². The molecule has 0 bridgehead atoms. The summed E-state index contributed by atoms with van der Waals surface area (Å²) in [6.07, 6.45) is 6.64. The molecule has 1 unspecified atom stereocenters. The lowest BCUT2D eigenvalue weighted by Gasteiger charge is -2.10. The van der Waals surface area contributed by atoms with Crippen molar-refractivity contribution >= 4 is 21.9 Å². The van der Waals surface area contributed by atoms with Gasteiger partial charge in [0.1, 0.15) is 5.33 Å². The Morgan fingerprint density at radius 2 is 2.14 bits per heavy atom. The molecule has 0 aliphatic carbocycles. The second-order valence-corrected chi connectivity index (χ2v) is 3.57. The lowest BCUT2D eigenvalue weighted by atomic mass is 10.0. The number of hydrogen-bond acceptors (Lipinski definition) is 2. The number of ether oxygens (including phenoxy) is 1. The number of halogens is 1. The van der Waals surface area contributed by atoms with Gasteiger partial charge in [0.05, 0.1) is 6.61 Å². The van der Waals surface area contributed by atoms with Crippen LogP contribution < -0.4 is 0 Å². The zero-order valence-electron chi connectivity index (χ0n) is 8.38. The number of esters is 1. The van der Waals surface area contributed by atoms with Gasteiger partial charge in [-0.05, 0) is 25.2 Å². The Morgan fingerprint density at radius 3 is 2.64 bits per heavy atom. The third kappa shape index (κ3) is 6.89. The second kappa shape index (κ2) is 9.00. The maximum absolute atomic E-state index is 10.8. The third-order valence-corrected chi connectivity index (χ3v) is 2.39. The molecule has 0 N–H and O–H groups in total. The Balaban J connectivity index is 3.56. The Morgan fingerprint density at radius 1 is 1.43 bits per heavy atom. The van der Waals surface area contributed by atoms with E-state index in [0.717, 1.165) is 19.3 Å². The summed E-state index contributed by atoms with van der Waals surface area (Å²) in [4.78, 5) is 10.8. The van der Waals surface area contributed by atoms with Gasteiger partial charge in [0.15, 0.2) is 0 Å². The van der Waals surface area contributed by atoms with E-state index >= 15 is 0 Å². The van der Waals surface area contributed by atoms with Gasteiger partial charge in [-0.15, -0.1) is 13.2 Å². The van der Waals surface area contributed by atoms with Crippen LogP contribution in [0.5, 0.6) is 0 Å². The van der Waals surface area contributed by atoms with Crippen molar-refractivity contribution < 1.29 is 9.53 Å². The topological polar surface area (TPSA) is 26.3 Å². The molecule has 0 aliphatic rings. The Labute approximate surface area is 94.2 Å². The molecular formula is C11H17BrO2. The molecule has 80 valence electrons. The van der Waals surface area contributed by atoms with Crippen molar-refractivity contribution in [3.8, 4) is 0 Å². The molecular weight excluding hydrogens is 244 g/mol. The highest BCUT2D eigenvalue weighted by Crippen LogP contribution is 2.12. The van der Waals surface area contributed by atoms with Gasteiger partial charge >= 0.3 is 5.97 Å². The first-order valence-corrected chi connectivity index (χ1v) is 5.81.